The number of nitro benzene ring substituents is 1. The zero-order valence-corrected chi connectivity index (χ0v) is 16.8. The van der Waals surface area contributed by atoms with Crippen LogP contribution < -0.4 is 31.5 Å². The van der Waals surface area contributed by atoms with Crippen LogP contribution in [0.3, 0.4) is 0 Å². The lowest BCUT2D eigenvalue weighted by Crippen LogP contribution is -2.28. The predicted molar refractivity (Wildman–Crippen MR) is 110 cm³/mol. The molecule has 0 spiro atoms. The number of aromatic amines is 2. The van der Waals surface area contributed by atoms with Crippen LogP contribution in [0.4, 0.5) is 11.5 Å². The molecule has 1 aromatic heterocycles. The van der Waals surface area contributed by atoms with E-state index in [1.165, 1.54) is 25.5 Å². The first-order chi connectivity index (χ1) is 14.8. The molecule has 1 heterocycles. The van der Waals surface area contributed by atoms with Crippen molar-refractivity contribution in [2.24, 2.45) is 5.10 Å². The second kappa shape index (κ2) is 11.1. The molecule has 0 bridgehead atoms. The maximum atomic E-state index is 11.9. The average Bonchev–Trinajstić information content (AvgIpc) is 2.73. The lowest BCUT2D eigenvalue weighted by Gasteiger charge is -2.11. The highest BCUT2D eigenvalue weighted by molar-refractivity contribution is 5.85. The zero-order chi connectivity index (χ0) is 22.8. The van der Waals surface area contributed by atoms with Gasteiger partial charge in [0.05, 0.1) is 24.9 Å². The van der Waals surface area contributed by atoms with Gasteiger partial charge in [0, 0.05) is 24.6 Å². The van der Waals surface area contributed by atoms with Crippen LogP contribution in [-0.4, -0.2) is 52.5 Å². The fourth-order valence-corrected chi connectivity index (χ4v) is 2.32. The first kappa shape index (κ1) is 23.1. The summed E-state index contributed by atoms with van der Waals surface area (Å²) in [7, 11) is 1.36. The number of carbonyl (C=O) groups is 1. The molecule has 166 valence electrons. The van der Waals surface area contributed by atoms with Crippen molar-refractivity contribution in [3.8, 4) is 11.5 Å². The molecule has 0 saturated heterocycles. The van der Waals surface area contributed by atoms with E-state index in [1.54, 1.807) is 0 Å². The van der Waals surface area contributed by atoms with Crippen molar-refractivity contribution in [2.75, 3.05) is 25.6 Å². The van der Waals surface area contributed by atoms with E-state index in [9.17, 15) is 24.5 Å². The van der Waals surface area contributed by atoms with Crippen LogP contribution in [0.2, 0.25) is 0 Å². The first-order valence-electron chi connectivity index (χ1n) is 9.09. The highest BCUT2D eigenvalue weighted by Gasteiger charge is 2.21. The molecule has 0 fully saturated rings. The van der Waals surface area contributed by atoms with Gasteiger partial charge in [-0.05, 0) is 12.5 Å². The summed E-state index contributed by atoms with van der Waals surface area (Å²) in [6.07, 6.45) is 1.82. The second-order valence-corrected chi connectivity index (χ2v) is 6.00. The topological polar surface area (TPSA) is 194 Å². The number of amides is 1. The van der Waals surface area contributed by atoms with Gasteiger partial charge in [0.2, 0.25) is 17.5 Å². The lowest BCUT2D eigenvalue weighted by molar-refractivity contribution is -0.386. The third-order valence-electron chi connectivity index (χ3n) is 3.68. The fraction of sp³-hybridized carbons (Fsp3) is 0.353. The van der Waals surface area contributed by atoms with Crippen molar-refractivity contribution in [1.29, 1.82) is 0 Å². The molecular formula is C17H21N7O7. The van der Waals surface area contributed by atoms with Crippen LogP contribution in [0.25, 0.3) is 0 Å². The van der Waals surface area contributed by atoms with E-state index >= 15 is 0 Å². The quantitative estimate of drug-likeness (QED) is 0.215. The maximum absolute atomic E-state index is 11.9. The minimum Gasteiger partial charge on any atom is -0.493 e. The molecule has 2 rings (SSSR count). The number of anilines is 1. The number of nitrogens with one attached hydrogen (secondary N) is 4. The van der Waals surface area contributed by atoms with Gasteiger partial charge in [-0.25, -0.2) is 15.3 Å². The van der Waals surface area contributed by atoms with Gasteiger partial charge in [-0.3, -0.25) is 24.7 Å². The highest BCUT2D eigenvalue weighted by Crippen LogP contribution is 2.38. The van der Waals surface area contributed by atoms with E-state index in [0.717, 1.165) is 0 Å². The van der Waals surface area contributed by atoms with Gasteiger partial charge in [0.1, 0.15) is 0 Å². The Balaban J connectivity index is 1.98. The normalized spacial score (nSPS) is 10.6. The lowest BCUT2D eigenvalue weighted by atomic mass is 10.2. The Hall–Kier alpha value is -4.23. The summed E-state index contributed by atoms with van der Waals surface area (Å²) in [6, 6.07) is 2.74. The van der Waals surface area contributed by atoms with Gasteiger partial charge < -0.3 is 14.8 Å². The van der Waals surface area contributed by atoms with Crippen molar-refractivity contribution in [3.63, 3.8) is 0 Å². The van der Waals surface area contributed by atoms with Crippen LogP contribution in [0, 0.1) is 10.1 Å². The number of aromatic nitrogens is 3. The van der Waals surface area contributed by atoms with E-state index < -0.39 is 22.1 Å². The highest BCUT2D eigenvalue weighted by atomic mass is 16.6. The monoisotopic (exact) mass is 435 g/mol. The van der Waals surface area contributed by atoms with Crippen LogP contribution in [0.5, 0.6) is 11.5 Å². The van der Waals surface area contributed by atoms with Crippen molar-refractivity contribution in [3.05, 3.63) is 48.6 Å². The molecule has 2 aromatic rings. The van der Waals surface area contributed by atoms with Crippen LogP contribution in [0.15, 0.2) is 26.8 Å². The maximum Gasteiger partial charge on any atom is 0.342 e. The largest absolute Gasteiger partial charge is 0.493 e. The summed E-state index contributed by atoms with van der Waals surface area (Å²) >= 11 is 0. The van der Waals surface area contributed by atoms with Crippen LogP contribution in [0.1, 0.15) is 25.3 Å². The van der Waals surface area contributed by atoms with Gasteiger partial charge in [0.25, 0.3) is 5.56 Å². The summed E-state index contributed by atoms with van der Waals surface area (Å²) in [5.41, 5.74) is 0.822. The van der Waals surface area contributed by atoms with E-state index in [-0.39, 0.29) is 42.6 Å². The minimum absolute atomic E-state index is 0.0208. The van der Waals surface area contributed by atoms with Gasteiger partial charge in [0.15, 0.2) is 5.75 Å². The number of benzene rings is 1. The Labute approximate surface area is 174 Å². The van der Waals surface area contributed by atoms with Crippen molar-refractivity contribution in [2.45, 2.75) is 19.8 Å². The van der Waals surface area contributed by atoms with Crippen molar-refractivity contribution >= 4 is 23.6 Å². The Bertz CT molecular complexity index is 1080. The number of nitro groups is 1. The number of nitrogens with zero attached hydrogens (tertiary/aromatic N) is 3. The zero-order valence-electron chi connectivity index (χ0n) is 16.8. The summed E-state index contributed by atoms with van der Waals surface area (Å²) in [5.74, 6) is -0.444. The molecule has 31 heavy (non-hydrogen) atoms. The van der Waals surface area contributed by atoms with Crippen molar-refractivity contribution < 1.29 is 19.2 Å². The average molecular weight is 435 g/mol. The summed E-state index contributed by atoms with van der Waals surface area (Å²) in [5, 5.41) is 23.3. The molecular weight excluding hydrogens is 414 g/mol. The number of rotatable bonds is 11. The first-order valence-corrected chi connectivity index (χ1v) is 9.09. The Morgan fingerprint density at radius 2 is 2.16 bits per heavy atom. The predicted octanol–water partition coefficient (Wildman–Crippen LogP) is 0.116. The van der Waals surface area contributed by atoms with Crippen molar-refractivity contribution in [1.82, 2.24) is 20.6 Å². The second-order valence-electron chi connectivity index (χ2n) is 6.00. The van der Waals surface area contributed by atoms with Gasteiger partial charge in [-0.15, -0.1) is 5.10 Å². The molecule has 14 heteroatoms. The molecule has 0 atom stereocenters. The summed E-state index contributed by atoms with van der Waals surface area (Å²) in [4.78, 5) is 47.0. The molecule has 4 N–H and O–H groups in total. The molecule has 0 saturated carbocycles. The molecule has 14 nitrogen and oxygen atoms in total. The van der Waals surface area contributed by atoms with E-state index in [0.29, 0.717) is 12.0 Å². The van der Waals surface area contributed by atoms with Crippen LogP contribution >= 0.6 is 0 Å². The molecule has 0 aliphatic heterocycles. The third kappa shape index (κ3) is 6.66. The minimum atomic E-state index is -0.746. The Morgan fingerprint density at radius 3 is 2.81 bits per heavy atom. The van der Waals surface area contributed by atoms with Gasteiger partial charge in [-0.1, -0.05) is 6.92 Å². The third-order valence-corrected chi connectivity index (χ3v) is 3.68. The molecule has 0 aliphatic carbocycles. The number of methoxy groups -OCH3 is 1. The molecule has 1 amide bonds. The number of hydrogen-bond donors (Lipinski definition) is 4. The molecule has 1 aromatic carbocycles. The van der Waals surface area contributed by atoms with E-state index in [4.69, 9.17) is 9.47 Å². The fourth-order valence-electron chi connectivity index (χ4n) is 2.32. The number of ether oxygens (including phenoxy) is 2. The summed E-state index contributed by atoms with van der Waals surface area (Å²) < 4.78 is 10.6. The van der Waals surface area contributed by atoms with Gasteiger partial charge in [-0.2, -0.15) is 5.10 Å². The van der Waals surface area contributed by atoms with Gasteiger partial charge >= 0.3 is 11.4 Å². The Morgan fingerprint density at radius 1 is 1.39 bits per heavy atom. The smallest absolute Gasteiger partial charge is 0.342 e. The molecule has 0 aliphatic rings. The SMILES string of the molecule is CCCOc1c(OC)cc(/C=N/NC(=O)CCNc2n[nH]c(=O)[nH]c2=O)cc1[N+](=O)[O-]. The standard InChI is InChI=1S/C17H21N7O7/c1-3-6-31-14-11(24(28)29)7-10(8-12(14)30-2)9-19-21-13(25)4-5-18-15-16(26)20-17(27)23-22-15/h7-9H,3-6H2,1-2H3,(H,18,22)(H,21,25)(H2,20,23,26,27)/b19-9+. The summed E-state index contributed by atoms with van der Waals surface area (Å²) in [6.45, 7) is 2.20. The number of hydrazone groups is 1. The van der Waals surface area contributed by atoms with E-state index in [1.807, 2.05) is 11.9 Å². The van der Waals surface area contributed by atoms with Crippen LogP contribution in [-0.2, 0) is 4.79 Å². The molecule has 0 unspecified atom stereocenters. The molecule has 0 radical (unpaired) electrons. The number of carbonyl (C=O) groups excluding carboxylic acids is 1. The number of H-pyrrole nitrogens is 2. The number of hydrogen-bond acceptors (Lipinski definition) is 10. The Kier molecular flexibility index (Phi) is 8.24. The van der Waals surface area contributed by atoms with E-state index in [2.05, 4.69) is 26.0 Å².